The van der Waals surface area contributed by atoms with Crippen LogP contribution in [-0.4, -0.2) is 48.3 Å². The van der Waals surface area contributed by atoms with Crippen molar-refractivity contribution in [2.75, 3.05) is 26.8 Å². The number of rotatable bonds is 5. The summed E-state index contributed by atoms with van der Waals surface area (Å²) in [5, 5.41) is 10.4. The molecule has 0 radical (unpaired) electrons. The molecule has 0 unspecified atom stereocenters. The van der Waals surface area contributed by atoms with Crippen LogP contribution in [0.25, 0.3) is 0 Å². The Labute approximate surface area is 117 Å². The molecular weight excluding hydrogens is 262 g/mol. The number of hydrogen-bond acceptors (Lipinski definition) is 6. The van der Waals surface area contributed by atoms with E-state index in [4.69, 9.17) is 15.0 Å². The molecular formula is C13H21N3O4. The second-order valence-corrected chi connectivity index (χ2v) is 5.25. The first-order chi connectivity index (χ1) is 9.52. The number of furan rings is 1. The highest BCUT2D eigenvalue weighted by Gasteiger charge is 2.31. The third-order valence-corrected chi connectivity index (χ3v) is 3.43. The van der Waals surface area contributed by atoms with Gasteiger partial charge in [0.1, 0.15) is 5.76 Å². The van der Waals surface area contributed by atoms with Crippen molar-refractivity contribution in [2.45, 2.75) is 25.0 Å². The first kappa shape index (κ1) is 15.0. The Kier molecular flexibility index (Phi) is 4.77. The van der Waals surface area contributed by atoms with Crippen molar-refractivity contribution >= 4 is 5.91 Å². The van der Waals surface area contributed by atoms with E-state index < -0.39 is 11.5 Å². The Hall–Kier alpha value is -1.41. The van der Waals surface area contributed by atoms with Crippen LogP contribution in [0.1, 0.15) is 29.2 Å². The van der Waals surface area contributed by atoms with Gasteiger partial charge in [0, 0.05) is 32.6 Å². The van der Waals surface area contributed by atoms with Crippen molar-refractivity contribution in [3.05, 3.63) is 23.7 Å². The van der Waals surface area contributed by atoms with Gasteiger partial charge in [-0.05, 0) is 19.2 Å². The maximum absolute atomic E-state index is 11.3. The maximum atomic E-state index is 11.3. The van der Waals surface area contributed by atoms with Crippen LogP contribution in [0, 0.1) is 0 Å². The highest BCUT2D eigenvalue weighted by atomic mass is 16.5. The quantitative estimate of drug-likeness (QED) is 0.395. The zero-order chi connectivity index (χ0) is 14.6. The molecule has 112 valence electrons. The van der Waals surface area contributed by atoms with Crippen LogP contribution in [0.5, 0.6) is 0 Å². The number of nitrogens with zero attached hydrogens (tertiary/aromatic N) is 1. The van der Waals surface area contributed by atoms with E-state index in [0.717, 1.165) is 0 Å². The number of ether oxygens (including phenoxy) is 1. The number of hydrazine groups is 1. The molecule has 2 rings (SSSR count). The SMILES string of the molecule is CN(Cc1ccc(C(=O)NN)o1)CC1(O)CCOCC1. The summed E-state index contributed by atoms with van der Waals surface area (Å²) in [5.74, 6) is 5.42. The molecule has 1 fully saturated rings. The monoisotopic (exact) mass is 283 g/mol. The van der Waals surface area contributed by atoms with Gasteiger partial charge in [0.2, 0.25) is 0 Å². The lowest BCUT2D eigenvalue weighted by atomic mass is 9.94. The van der Waals surface area contributed by atoms with Gasteiger partial charge in [0.05, 0.1) is 12.1 Å². The fourth-order valence-electron chi connectivity index (χ4n) is 2.39. The van der Waals surface area contributed by atoms with Crippen LogP contribution in [-0.2, 0) is 11.3 Å². The van der Waals surface area contributed by atoms with Gasteiger partial charge in [-0.25, -0.2) is 5.84 Å². The second-order valence-electron chi connectivity index (χ2n) is 5.25. The molecule has 0 aromatic carbocycles. The van der Waals surface area contributed by atoms with Crippen LogP contribution >= 0.6 is 0 Å². The summed E-state index contributed by atoms with van der Waals surface area (Å²) in [4.78, 5) is 13.2. The van der Waals surface area contributed by atoms with Crippen molar-refractivity contribution in [1.82, 2.24) is 10.3 Å². The van der Waals surface area contributed by atoms with Crippen molar-refractivity contribution in [3.8, 4) is 0 Å². The van der Waals surface area contributed by atoms with Gasteiger partial charge in [-0.3, -0.25) is 15.1 Å². The molecule has 7 nitrogen and oxygen atoms in total. The van der Waals surface area contributed by atoms with Crippen LogP contribution in [0.4, 0.5) is 0 Å². The van der Waals surface area contributed by atoms with Crippen LogP contribution in [0.2, 0.25) is 0 Å². The minimum atomic E-state index is -0.711. The average molecular weight is 283 g/mol. The number of nitrogens with one attached hydrogen (secondary N) is 1. The molecule has 0 atom stereocenters. The highest BCUT2D eigenvalue weighted by molar-refractivity contribution is 5.90. The molecule has 1 saturated heterocycles. The molecule has 20 heavy (non-hydrogen) atoms. The fraction of sp³-hybridized carbons (Fsp3) is 0.615. The average Bonchev–Trinajstić information content (AvgIpc) is 2.86. The van der Waals surface area contributed by atoms with Crippen LogP contribution in [0.15, 0.2) is 16.5 Å². The number of likely N-dealkylation sites (N-methyl/N-ethyl adjacent to an activating group) is 1. The predicted molar refractivity (Wildman–Crippen MR) is 71.7 cm³/mol. The van der Waals surface area contributed by atoms with E-state index in [1.54, 1.807) is 12.1 Å². The number of carbonyl (C=O) groups excluding carboxylic acids is 1. The smallest absolute Gasteiger partial charge is 0.300 e. The van der Waals surface area contributed by atoms with E-state index in [1.165, 1.54) is 0 Å². The summed E-state index contributed by atoms with van der Waals surface area (Å²) in [7, 11) is 1.90. The van der Waals surface area contributed by atoms with E-state index in [0.29, 0.717) is 44.9 Å². The highest BCUT2D eigenvalue weighted by Crippen LogP contribution is 2.22. The molecule has 7 heteroatoms. The molecule has 0 bridgehead atoms. The van der Waals surface area contributed by atoms with Crippen molar-refractivity contribution < 1.29 is 19.1 Å². The standard InChI is InChI=1S/C13H21N3O4/c1-16(9-13(18)4-6-19-7-5-13)8-10-2-3-11(20-10)12(17)15-14/h2-3,18H,4-9,14H2,1H3,(H,15,17). The maximum Gasteiger partial charge on any atom is 0.300 e. The van der Waals surface area contributed by atoms with Gasteiger partial charge < -0.3 is 14.3 Å². The first-order valence-corrected chi connectivity index (χ1v) is 6.61. The molecule has 4 N–H and O–H groups in total. The summed E-state index contributed by atoms with van der Waals surface area (Å²) >= 11 is 0. The molecule has 1 aliphatic heterocycles. The van der Waals surface area contributed by atoms with Gasteiger partial charge in [0.25, 0.3) is 0 Å². The zero-order valence-electron chi connectivity index (χ0n) is 11.6. The van der Waals surface area contributed by atoms with Gasteiger partial charge in [0.15, 0.2) is 5.76 Å². The lowest BCUT2D eigenvalue weighted by Gasteiger charge is -2.35. The molecule has 2 heterocycles. The Morgan fingerprint density at radius 2 is 2.20 bits per heavy atom. The Morgan fingerprint density at radius 3 is 2.85 bits per heavy atom. The summed E-state index contributed by atoms with van der Waals surface area (Å²) < 4.78 is 10.6. The van der Waals surface area contributed by atoms with Gasteiger partial charge in [-0.2, -0.15) is 0 Å². The van der Waals surface area contributed by atoms with E-state index in [-0.39, 0.29) is 5.76 Å². The lowest BCUT2D eigenvalue weighted by Crippen LogP contribution is -2.45. The van der Waals surface area contributed by atoms with Gasteiger partial charge in [-0.1, -0.05) is 0 Å². The molecule has 0 spiro atoms. The fourth-order valence-corrected chi connectivity index (χ4v) is 2.39. The van der Waals surface area contributed by atoms with Crippen molar-refractivity contribution in [2.24, 2.45) is 5.84 Å². The molecule has 1 aliphatic rings. The largest absolute Gasteiger partial charge is 0.455 e. The molecule has 1 aromatic rings. The first-order valence-electron chi connectivity index (χ1n) is 6.61. The number of amides is 1. The number of aliphatic hydroxyl groups is 1. The Balaban J connectivity index is 1.89. The third kappa shape index (κ3) is 3.80. The van der Waals surface area contributed by atoms with Crippen LogP contribution < -0.4 is 11.3 Å². The normalized spacial score (nSPS) is 18.2. The summed E-state index contributed by atoms with van der Waals surface area (Å²) in [6.07, 6.45) is 1.27. The van der Waals surface area contributed by atoms with E-state index >= 15 is 0 Å². The van der Waals surface area contributed by atoms with Crippen molar-refractivity contribution in [3.63, 3.8) is 0 Å². The van der Waals surface area contributed by atoms with E-state index in [9.17, 15) is 9.90 Å². The van der Waals surface area contributed by atoms with Gasteiger partial charge >= 0.3 is 5.91 Å². The van der Waals surface area contributed by atoms with Crippen molar-refractivity contribution in [1.29, 1.82) is 0 Å². The van der Waals surface area contributed by atoms with E-state index in [1.807, 2.05) is 17.4 Å². The molecule has 1 amide bonds. The van der Waals surface area contributed by atoms with Gasteiger partial charge in [-0.15, -0.1) is 0 Å². The number of hydrogen-bond donors (Lipinski definition) is 3. The third-order valence-electron chi connectivity index (χ3n) is 3.43. The zero-order valence-corrected chi connectivity index (χ0v) is 11.6. The molecule has 0 saturated carbocycles. The minimum absolute atomic E-state index is 0.181. The minimum Gasteiger partial charge on any atom is -0.455 e. The number of nitrogens with two attached hydrogens (primary N) is 1. The predicted octanol–water partition coefficient (Wildman–Crippen LogP) is -0.144. The number of nitrogen functional groups attached to an aromatic ring is 1. The summed E-state index contributed by atoms with van der Waals surface area (Å²) in [6.45, 7) is 2.23. The van der Waals surface area contributed by atoms with E-state index in [2.05, 4.69) is 0 Å². The topological polar surface area (TPSA) is 101 Å². The summed E-state index contributed by atoms with van der Waals surface area (Å²) in [6, 6.07) is 3.31. The summed E-state index contributed by atoms with van der Waals surface area (Å²) in [5.41, 5.74) is 1.31. The lowest BCUT2D eigenvalue weighted by molar-refractivity contribution is -0.0782. The molecule has 1 aromatic heterocycles. The Bertz CT molecular complexity index is 454. The Morgan fingerprint density at radius 1 is 1.50 bits per heavy atom. The molecule has 0 aliphatic carbocycles. The second kappa shape index (κ2) is 6.36. The number of carbonyl (C=O) groups is 1. The van der Waals surface area contributed by atoms with Crippen LogP contribution in [0.3, 0.4) is 0 Å².